The lowest BCUT2D eigenvalue weighted by Gasteiger charge is -2.36. The van der Waals surface area contributed by atoms with Crippen molar-refractivity contribution in [3.05, 3.63) is 33.3 Å². The number of benzene rings is 1. The van der Waals surface area contributed by atoms with Crippen molar-refractivity contribution in [2.24, 2.45) is 17.8 Å². The molecule has 1 N–H and O–H groups in total. The third-order valence-electron chi connectivity index (χ3n) is 6.61. The van der Waals surface area contributed by atoms with E-state index >= 15 is 0 Å². The van der Waals surface area contributed by atoms with Crippen molar-refractivity contribution < 1.29 is 18.1 Å². The highest BCUT2D eigenvalue weighted by Crippen LogP contribution is 2.32. The highest BCUT2D eigenvalue weighted by molar-refractivity contribution is 7.89. The molecule has 1 heterocycles. The van der Waals surface area contributed by atoms with E-state index in [0.29, 0.717) is 24.7 Å². The van der Waals surface area contributed by atoms with Crippen molar-refractivity contribution in [3.63, 3.8) is 0 Å². The summed E-state index contributed by atoms with van der Waals surface area (Å²) in [6.45, 7) is 4.80. The Kier molecular flexibility index (Phi) is 7.04. The summed E-state index contributed by atoms with van der Waals surface area (Å²) in [7, 11) is -3.89. The van der Waals surface area contributed by atoms with Crippen LogP contribution in [-0.2, 0) is 14.8 Å². The summed E-state index contributed by atoms with van der Waals surface area (Å²) in [6, 6.07) is 3.66. The molecule has 166 valence electrons. The lowest BCUT2D eigenvalue weighted by Crippen LogP contribution is -2.48. The predicted molar refractivity (Wildman–Crippen MR) is 114 cm³/mol. The van der Waals surface area contributed by atoms with Crippen LogP contribution in [0.1, 0.15) is 46.0 Å². The number of nitrogens with one attached hydrogen (secondary N) is 1. The topological polar surface area (TPSA) is 110 Å². The lowest BCUT2D eigenvalue weighted by atomic mass is 9.78. The van der Waals surface area contributed by atoms with E-state index in [1.807, 2.05) is 0 Å². The van der Waals surface area contributed by atoms with Gasteiger partial charge in [-0.3, -0.25) is 14.9 Å². The van der Waals surface area contributed by atoms with Gasteiger partial charge in [0.15, 0.2) is 0 Å². The second-order valence-corrected chi connectivity index (χ2v) is 10.8. The van der Waals surface area contributed by atoms with Gasteiger partial charge in [0.05, 0.1) is 9.82 Å². The van der Waals surface area contributed by atoms with Crippen molar-refractivity contribution in [1.29, 1.82) is 0 Å². The second kappa shape index (κ2) is 9.20. The Balaban J connectivity index is 1.62. The first kappa shape index (κ1) is 23.0. The van der Waals surface area contributed by atoms with Gasteiger partial charge in [-0.2, -0.15) is 4.31 Å². The van der Waals surface area contributed by atoms with Crippen LogP contribution in [0.15, 0.2) is 23.1 Å². The summed E-state index contributed by atoms with van der Waals surface area (Å²) >= 11 is 5.79. The molecule has 0 spiro atoms. The van der Waals surface area contributed by atoms with Crippen LogP contribution >= 0.6 is 11.6 Å². The van der Waals surface area contributed by atoms with Crippen LogP contribution < -0.4 is 5.32 Å². The molecule has 1 aromatic rings. The molecule has 1 saturated carbocycles. The van der Waals surface area contributed by atoms with Crippen LogP contribution in [-0.4, -0.2) is 42.7 Å². The fraction of sp³-hybridized carbons (Fsp3) is 0.650. The maximum atomic E-state index is 12.9. The van der Waals surface area contributed by atoms with E-state index in [4.69, 9.17) is 11.6 Å². The largest absolute Gasteiger partial charge is 0.353 e. The minimum absolute atomic E-state index is 0.000119. The van der Waals surface area contributed by atoms with Crippen LogP contribution in [0.4, 0.5) is 5.69 Å². The van der Waals surface area contributed by atoms with Gasteiger partial charge in [0, 0.05) is 31.1 Å². The molecule has 10 heteroatoms. The Labute approximate surface area is 182 Å². The van der Waals surface area contributed by atoms with E-state index in [0.717, 1.165) is 18.9 Å². The summed E-state index contributed by atoms with van der Waals surface area (Å²) in [5, 5.41) is 14.1. The molecule has 3 atom stereocenters. The molecule has 1 aliphatic heterocycles. The summed E-state index contributed by atoms with van der Waals surface area (Å²) in [5.41, 5.74) is -0.442. The molecular weight excluding hydrogens is 430 g/mol. The van der Waals surface area contributed by atoms with E-state index in [-0.39, 0.29) is 40.9 Å². The second-order valence-electron chi connectivity index (χ2n) is 8.43. The Morgan fingerprint density at radius 3 is 2.50 bits per heavy atom. The Morgan fingerprint density at radius 2 is 1.87 bits per heavy atom. The lowest BCUT2D eigenvalue weighted by molar-refractivity contribution is -0.384. The molecule has 3 unspecified atom stereocenters. The van der Waals surface area contributed by atoms with E-state index in [1.54, 1.807) is 0 Å². The predicted octanol–water partition coefficient (Wildman–Crippen LogP) is 3.59. The molecule has 1 amide bonds. The zero-order valence-electron chi connectivity index (χ0n) is 17.2. The Bertz CT molecular complexity index is 915. The standard InChI is InChI=1S/C20H28ClN3O5S/c1-13-4-3-5-18(14(13)2)22-20(25)15-8-10-23(11-9-15)30(28,29)16-6-7-17(21)19(12-16)24(26)27/h6-7,12-15,18H,3-5,8-11H2,1-2H3,(H,22,25). The number of carbonyl (C=O) groups is 1. The minimum atomic E-state index is -3.89. The van der Waals surface area contributed by atoms with Crippen molar-refractivity contribution in [1.82, 2.24) is 9.62 Å². The maximum Gasteiger partial charge on any atom is 0.289 e. The molecular formula is C20H28ClN3O5S. The van der Waals surface area contributed by atoms with Crippen LogP contribution in [0.3, 0.4) is 0 Å². The van der Waals surface area contributed by atoms with Gasteiger partial charge in [0.1, 0.15) is 5.02 Å². The van der Waals surface area contributed by atoms with Gasteiger partial charge in [0.2, 0.25) is 15.9 Å². The molecule has 8 nitrogen and oxygen atoms in total. The van der Waals surface area contributed by atoms with Gasteiger partial charge >= 0.3 is 0 Å². The molecule has 1 aromatic carbocycles. The molecule has 1 aliphatic carbocycles. The van der Waals surface area contributed by atoms with Crippen LogP contribution in [0.25, 0.3) is 0 Å². The van der Waals surface area contributed by atoms with Crippen molar-refractivity contribution in [2.75, 3.05) is 13.1 Å². The van der Waals surface area contributed by atoms with Gasteiger partial charge < -0.3 is 5.32 Å². The highest BCUT2D eigenvalue weighted by atomic mass is 35.5. The number of amides is 1. The smallest absolute Gasteiger partial charge is 0.289 e. The average molecular weight is 458 g/mol. The molecule has 0 aromatic heterocycles. The maximum absolute atomic E-state index is 12.9. The number of hydrogen-bond acceptors (Lipinski definition) is 5. The third-order valence-corrected chi connectivity index (χ3v) is 8.83. The fourth-order valence-electron chi connectivity index (χ4n) is 4.39. The van der Waals surface area contributed by atoms with E-state index in [9.17, 15) is 23.3 Å². The first-order chi connectivity index (χ1) is 14.1. The zero-order valence-corrected chi connectivity index (χ0v) is 18.8. The number of nitrogens with zero attached hydrogens (tertiary/aromatic N) is 2. The number of hydrogen-bond donors (Lipinski definition) is 1. The van der Waals surface area contributed by atoms with Gasteiger partial charge in [0.25, 0.3) is 5.69 Å². The summed E-state index contributed by atoms with van der Waals surface area (Å²) in [5.74, 6) is 0.795. The quantitative estimate of drug-likeness (QED) is 0.536. The molecule has 30 heavy (non-hydrogen) atoms. The molecule has 1 saturated heterocycles. The number of carbonyl (C=O) groups excluding carboxylic acids is 1. The van der Waals surface area contributed by atoms with Crippen molar-refractivity contribution in [2.45, 2.75) is 56.9 Å². The Hall–Kier alpha value is -1.71. The minimum Gasteiger partial charge on any atom is -0.353 e. The van der Waals surface area contributed by atoms with E-state index in [1.165, 1.54) is 22.9 Å². The monoisotopic (exact) mass is 457 g/mol. The van der Waals surface area contributed by atoms with Gasteiger partial charge in [-0.15, -0.1) is 0 Å². The molecule has 2 aliphatic rings. The van der Waals surface area contributed by atoms with Crippen LogP contribution in [0, 0.1) is 27.9 Å². The summed E-state index contributed by atoms with van der Waals surface area (Å²) in [6.07, 6.45) is 4.14. The number of piperidine rings is 1. The zero-order chi connectivity index (χ0) is 22.1. The third kappa shape index (κ3) is 4.78. The van der Waals surface area contributed by atoms with Crippen molar-refractivity contribution >= 4 is 33.2 Å². The first-order valence-corrected chi connectivity index (χ1v) is 12.2. The number of rotatable bonds is 5. The number of nitro groups is 1. The van der Waals surface area contributed by atoms with E-state index in [2.05, 4.69) is 19.2 Å². The van der Waals surface area contributed by atoms with Crippen molar-refractivity contribution in [3.8, 4) is 0 Å². The van der Waals surface area contributed by atoms with Crippen LogP contribution in [0.5, 0.6) is 0 Å². The SMILES string of the molecule is CC1CCCC(NC(=O)C2CCN(S(=O)(=O)c3ccc(Cl)c([N+](=O)[O-])c3)CC2)C1C. The summed E-state index contributed by atoms with van der Waals surface area (Å²) < 4.78 is 27.1. The molecule has 3 rings (SSSR count). The molecule has 0 radical (unpaired) electrons. The first-order valence-electron chi connectivity index (χ1n) is 10.4. The molecule has 0 bridgehead atoms. The fourth-order valence-corrected chi connectivity index (χ4v) is 6.06. The number of nitro benzene ring substituents is 1. The normalized spacial score (nSPS) is 26.3. The Morgan fingerprint density at radius 1 is 1.20 bits per heavy atom. The average Bonchev–Trinajstić information content (AvgIpc) is 2.71. The van der Waals surface area contributed by atoms with E-state index < -0.39 is 20.6 Å². The molecule has 2 fully saturated rings. The summed E-state index contributed by atoms with van der Waals surface area (Å²) in [4.78, 5) is 22.9. The highest BCUT2D eigenvalue weighted by Gasteiger charge is 2.35. The number of sulfonamides is 1. The van der Waals surface area contributed by atoms with Gasteiger partial charge in [-0.25, -0.2) is 8.42 Å². The van der Waals surface area contributed by atoms with Crippen LogP contribution in [0.2, 0.25) is 5.02 Å². The van der Waals surface area contributed by atoms with Gasteiger partial charge in [-0.1, -0.05) is 38.3 Å². The van der Waals surface area contributed by atoms with Gasteiger partial charge in [-0.05, 0) is 43.2 Å². The number of halogens is 1.